The topological polar surface area (TPSA) is 118 Å². The Morgan fingerprint density at radius 3 is 2.45 bits per heavy atom. The molecular weight excluding hydrogens is 468 g/mol. The molecule has 9 nitrogen and oxygen atoms in total. The van der Waals surface area contributed by atoms with Gasteiger partial charge in [0, 0.05) is 22.8 Å². The van der Waals surface area contributed by atoms with Crippen molar-refractivity contribution in [1.29, 1.82) is 0 Å². The maximum atomic E-state index is 13.0. The molecule has 0 bridgehead atoms. The van der Waals surface area contributed by atoms with Crippen LogP contribution < -0.4 is 15.5 Å². The van der Waals surface area contributed by atoms with Crippen LogP contribution in [0.25, 0.3) is 0 Å². The Bertz CT molecular complexity index is 1290. The number of methoxy groups -OCH3 is 1. The second-order valence-electron chi connectivity index (χ2n) is 6.64. The predicted octanol–water partition coefficient (Wildman–Crippen LogP) is 3.62. The number of hydrogen-bond donors (Lipinski definition) is 2. The first-order valence-electron chi connectivity index (χ1n) is 9.44. The summed E-state index contributed by atoms with van der Waals surface area (Å²) in [7, 11) is 1.20. The molecule has 1 aliphatic rings. The standard InChI is InChI=1S/C22H15ClN4O5S/c1-32-21(31)14-4-2-3-5-15(14)27-19(29)16(23)17(20(27)30)25-13-8-6-12(7-9-13)18(28)26-22-24-10-11-33-22/h2-11,25H,1H3,(H,24,26,28). The fraction of sp³-hybridized carbons (Fsp3) is 0.0455. The average Bonchev–Trinajstić information content (AvgIpc) is 3.41. The number of esters is 1. The molecule has 0 radical (unpaired) electrons. The van der Waals surface area contributed by atoms with Crippen LogP contribution in [0.5, 0.6) is 0 Å². The van der Waals surface area contributed by atoms with E-state index in [2.05, 4.69) is 15.6 Å². The first-order valence-corrected chi connectivity index (χ1v) is 10.7. The highest BCUT2D eigenvalue weighted by molar-refractivity contribution is 7.13. The summed E-state index contributed by atoms with van der Waals surface area (Å²) in [5.41, 5.74) is 0.754. The first kappa shape index (κ1) is 22.2. The molecule has 4 rings (SSSR count). The number of imide groups is 1. The van der Waals surface area contributed by atoms with Crippen molar-refractivity contribution in [2.45, 2.75) is 0 Å². The lowest BCUT2D eigenvalue weighted by molar-refractivity contribution is -0.120. The highest BCUT2D eigenvalue weighted by Gasteiger charge is 2.40. The van der Waals surface area contributed by atoms with E-state index >= 15 is 0 Å². The number of ether oxygens (including phenoxy) is 1. The van der Waals surface area contributed by atoms with Gasteiger partial charge in [-0.15, -0.1) is 11.3 Å². The van der Waals surface area contributed by atoms with Crippen molar-refractivity contribution >= 4 is 63.1 Å². The van der Waals surface area contributed by atoms with Crippen LogP contribution in [0.15, 0.2) is 70.8 Å². The number of carbonyl (C=O) groups is 4. The SMILES string of the molecule is COC(=O)c1ccccc1N1C(=O)C(Cl)=C(Nc2ccc(C(=O)Nc3nccs3)cc2)C1=O. The van der Waals surface area contributed by atoms with Crippen LogP contribution >= 0.6 is 22.9 Å². The van der Waals surface area contributed by atoms with E-state index in [1.807, 2.05) is 0 Å². The van der Waals surface area contributed by atoms with Crippen LogP contribution in [-0.4, -0.2) is 35.8 Å². The summed E-state index contributed by atoms with van der Waals surface area (Å²) in [5.74, 6) is -2.55. The molecule has 11 heteroatoms. The largest absolute Gasteiger partial charge is 0.465 e. The lowest BCUT2D eigenvalue weighted by atomic mass is 10.1. The summed E-state index contributed by atoms with van der Waals surface area (Å²) < 4.78 is 4.73. The normalized spacial score (nSPS) is 13.3. The van der Waals surface area contributed by atoms with Crippen LogP contribution in [0.2, 0.25) is 0 Å². The van der Waals surface area contributed by atoms with Crippen LogP contribution in [-0.2, 0) is 14.3 Å². The number of halogens is 1. The van der Waals surface area contributed by atoms with Crippen LogP contribution in [0.3, 0.4) is 0 Å². The Hall–Kier alpha value is -4.02. The van der Waals surface area contributed by atoms with Gasteiger partial charge in [-0.25, -0.2) is 14.7 Å². The number of para-hydroxylation sites is 1. The summed E-state index contributed by atoms with van der Waals surface area (Å²) in [5, 5.41) is 7.38. The molecule has 2 aromatic carbocycles. The summed E-state index contributed by atoms with van der Waals surface area (Å²) in [6.45, 7) is 0. The third kappa shape index (κ3) is 4.34. The zero-order valence-electron chi connectivity index (χ0n) is 17.0. The molecule has 2 heterocycles. The van der Waals surface area contributed by atoms with Gasteiger partial charge in [0.1, 0.15) is 10.7 Å². The highest BCUT2D eigenvalue weighted by Crippen LogP contribution is 2.32. The number of rotatable bonds is 6. The predicted molar refractivity (Wildman–Crippen MR) is 123 cm³/mol. The van der Waals surface area contributed by atoms with Gasteiger partial charge in [-0.05, 0) is 36.4 Å². The van der Waals surface area contributed by atoms with Crippen molar-refractivity contribution < 1.29 is 23.9 Å². The zero-order valence-corrected chi connectivity index (χ0v) is 18.6. The maximum absolute atomic E-state index is 13.0. The number of nitrogens with zero attached hydrogens (tertiary/aromatic N) is 2. The van der Waals surface area contributed by atoms with Gasteiger partial charge < -0.3 is 10.1 Å². The van der Waals surface area contributed by atoms with Crippen molar-refractivity contribution in [3.63, 3.8) is 0 Å². The van der Waals surface area contributed by atoms with E-state index in [0.29, 0.717) is 16.4 Å². The Morgan fingerprint density at radius 1 is 1.06 bits per heavy atom. The number of aromatic nitrogens is 1. The average molecular weight is 483 g/mol. The highest BCUT2D eigenvalue weighted by atomic mass is 35.5. The number of carbonyl (C=O) groups excluding carboxylic acids is 4. The molecule has 2 N–H and O–H groups in total. The second-order valence-corrected chi connectivity index (χ2v) is 7.91. The van der Waals surface area contributed by atoms with E-state index < -0.39 is 17.8 Å². The van der Waals surface area contributed by atoms with E-state index in [0.717, 1.165) is 4.90 Å². The van der Waals surface area contributed by atoms with Crippen LogP contribution in [0.1, 0.15) is 20.7 Å². The number of thiazole rings is 1. The quantitative estimate of drug-likeness (QED) is 0.407. The summed E-state index contributed by atoms with van der Waals surface area (Å²) in [6, 6.07) is 12.3. The molecule has 166 valence electrons. The fourth-order valence-electron chi connectivity index (χ4n) is 3.09. The Labute approximate surface area is 196 Å². The van der Waals surface area contributed by atoms with Gasteiger partial charge >= 0.3 is 5.97 Å². The molecule has 0 atom stereocenters. The number of benzene rings is 2. The molecule has 0 aliphatic carbocycles. The molecule has 0 saturated heterocycles. The van der Waals surface area contributed by atoms with E-state index in [9.17, 15) is 19.2 Å². The van der Waals surface area contributed by atoms with Gasteiger partial charge in [-0.2, -0.15) is 0 Å². The number of amides is 3. The Balaban J connectivity index is 1.53. The summed E-state index contributed by atoms with van der Waals surface area (Å²) in [4.78, 5) is 54.9. The molecule has 3 amide bonds. The van der Waals surface area contributed by atoms with Crippen LogP contribution in [0, 0.1) is 0 Å². The van der Waals surface area contributed by atoms with Gasteiger partial charge in [-0.3, -0.25) is 19.7 Å². The van der Waals surface area contributed by atoms with Crippen LogP contribution in [0.4, 0.5) is 16.5 Å². The number of nitrogens with one attached hydrogen (secondary N) is 2. The van der Waals surface area contributed by atoms with E-state index in [1.165, 1.54) is 30.6 Å². The van der Waals surface area contributed by atoms with Gasteiger partial charge in [0.2, 0.25) is 0 Å². The number of anilines is 3. The lowest BCUT2D eigenvalue weighted by Gasteiger charge is -2.17. The van der Waals surface area contributed by atoms with Gasteiger partial charge in [0.15, 0.2) is 5.13 Å². The molecule has 1 aliphatic heterocycles. The Kier molecular flexibility index (Phi) is 6.20. The van der Waals surface area contributed by atoms with Gasteiger partial charge in [0.05, 0.1) is 18.4 Å². The summed E-state index contributed by atoms with van der Waals surface area (Å²) >= 11 is 7.46. The van der Waals surface area contributed by atoms with Crippen molar-refractivity contribution in [2.75, 3.05) is 22.6 Å². The molecule has 0 saturated carbocycles. The molecule has 3 aromatic rings. The minimum absolute atomic E-state index is 0.0445. The number of hydrogen-bond acceptors (Lipinski definition) is 8. The fourth-order valence-corrected chi connectivity index (χ4v) is 3.82. The van der Waals surface area contributed by atoms with Crippen molar-refractivity contribution in [3.05, 3.63) is 82.0 Å². The minimum Gasteiger partial charge on any atom is -0.465 e. The van der Waals surface area contributed by atoms with E-state index in [1.54, 1.807) is 48.0 Å². The second kappa shape index (κ2) is 9.23. The van der Waals surface area contributed by atoms with Crippen molar-refractivity contribution in [2.24, 2.45) is 0 Å². The third-order valence-corrected chi connectivity index (χ3v) is 5.69. The molecule has 0 spiro atoms. The molecule has 0 unspecified atom stereocenters. The molecule has 1 aromatic heterocycles. The monoisotopic (exact) mass is 482 g/mol. The molecule has 33 heavy (non-hydrogen) atoms. The maximum Gasteiger partial charge on any atom is 0.339 e. The van der Waals surface area contributed by atoms with E-state index in [-0.39, 0.29) is 27.9 Å². The lowest BCUT2D eigenvalue weighted by Crippen LogP contribution is -2.33. The van der Waals surface area contributed by atoms with Crippen molar-refractivity contribution in [1.82, 2.24) is 4.98 Å². The van der Waals surface area contributed by atoms with Crippen molar-refractivity contribution in [3.8, 4) is 0 Å². The summed E-state index contributed by atoms with van der Waals surface area (Å²) in [6.07, 6.45) is 1.58. The van der Waals surface area contributed by atoms with Gasteiger partial charge in [0.25, 0.3) is 17.7 Å². The first-order chi connectivity index (χ1) is 15.9. The van der Waals surface area contributed by atoms with E-state index in [4.69, 9.17) is 16.3 Å². The molecule has 0 fully saturated rings. The third-order valence-electron chi connectivity index (χ3n) is 4.65. The Morgan fingerprint density at radius 2 is 1.79 bits per heavy atom. The molecular formula is C22H15ClN4O5S. The zero-order chi connectivity index (χ0) is 23.5. The van der Waals surface area contributed by atoms with Gasteiger partial charge in [-0.1, -0.05) is 23.7 Å². The minimum atomic E-state index is -0.778. The smallest absolute Gasteiger partial charge is 0.339 e.